The van der Waals surface area contributed by atoms with E-state index >= 15 is 0 Å². The van der Waals surface area contributed by atoms with Crippen molar-refractivity contribution in [1.82, 2.24) is 9.55 Å². The monoisotopic (exact) mass is 448 g/mol. The maximum absolute atomic E-state index is 13.6. The van der Waals surface area contributed by atoms with E-state index in [1.54, 1.807) is 38.0 Å². The van der Waals surface area contributed by atoms with Crippen LogP contribution in [0.1, 0.15) is 11.1 Å². The lowest BCUT2D eigenvalue weighted by atomic mass is 10.2. The molecule has 0 radical (unpaired) electrons. The van der Waals surface area contributed by atoms with Crippen LogP contribution in [0.4, 0.5) is 0 Å². The Balaban J connectivity index is 1.84. The number of methoxy groups -OCH3 is 3. The minimum absolute atomic E-state index is 0.156. The Bertz CT molecular complexity index is 1300. The average Bonchev–Trinajstić information content (AvgIpc) is 2.83. The molecule has 0 spiro atoms. The molecule has 0 atom stereocenters. The highest BCUT2D eigenvalue weighted by Gasteiger charge is 2.17. The second kappa shape index (κ2) is 9.36. The van der Waals surface area contributed by atoms with Crippen LogP contribution in [0, 0.1) is 6.92 Å². The fourth-order valence-electron chi connectivity index (χ4n) is 3.38. The van der Waals surface area contributed by atoms with Crippen molar-refractivity contribution in [3.63, 3.8) is 0 Å². The zero-order chi connectivity index (χ0) is 22.7. The van der Waals surface area contributed by atoms with Crippen molar-refractivity contribution in [2.45, 2.75) is 17.8 Å². The zero-order valence-electron chi connectivity index (χ0n) is 18.4. The van der Waals surface area contributed by atoms with Crippen molar-refractivity contribution in [3.05, 3.63) is 82.1 Å². The lowest BCUT2D eigenvalue weighted by molar-refractivity contribution is 0.355. The van der Waals surface area contributed by atoms with E-state index in [4.69, 9.17) is 19.2 Å². The number of aryl methyl sites for hydroxylation is 1. The van der Waals surface area contributed by atoms with Crippen LogP contribution in [0.25, 0.3) is 16.6 Å². The normalized spacial score (nSPS) is 10.9. The van der Waals surface area contributed by atoms with Gasteiger partial charge in [0, 0.05) is 11.8 Å². The molecule has 3 aromatic carbocycles. The SMILES string of the molecule is COc1ccc(CSc2nc3cc(OC)c(OC)cc3c(=O)n2-c2ccc(C)cc2)cc1. The summed E-state index contributed by atoms with van der Waals surface area (Å²) < 4.78 is 17.7. The molecule has 164 valence electrons. The van der Waals surface area contributed by atoms with Gasteiger partial charge in [0.25, 0.3) is 5.56 Å². The molecule has 0 amide bonds. The molecule has 0 saturated carbocycles. The Labute approximate surface area is 190 Å². The Morgan fingerprint density at radius 2 is 1.53 bits per heavy atom. The molecule has 1 aromatic heterocycles. The number of ether oxygens (including phenoxy) is 3. The van der Waals surface area contributed by atoms with Crippen LogP contribution in [-0.4, -0.2) is 30.9 Å². The molecular formula is C25H24N2O4S. The lowest BCUT2D eigenvalue weighted by Crippen LogP contribution is -2.22. The maximum atomic E-state index is 13.6. The third kappa shape index (κ3) is 4.29. The van der Waals surface area contributed by atoms with Gasteiger partial charge >= 0.3 is 0 Å². The van der Waals surface area contributed by atoms with Gasteiger partial charge in [-0.05, 0) is 42.8 Å². The standard InChI is InChI=1S/C25H24N2O4S/c1-16-5-9-18(10-6-16)27-24(28)20-13-22(30-3)23(31-4)14-21(20)26-25(27)32-15-17-7-11-19(29-2)12-8-17/h5-14H,15H2,1-4H3. The van der Waals surface area contributed by atoms with Gasteiger partial charge in [-0.3, -0.25) is 9.36 Å². The maximum Gasteiger partial charge on any atom is 0.266 e. The molecule has 7 heteroatoms. The predicted molar refractivity (Wildman–Crippen MR) is 128 cm³/mol. The molecule has 4 rings (SSSR count). The molecule has 0 aliphatic carbocycles. The molecule has 0 saturated heterocycles. The van der Waals surface area contributed by atoms with Crippen LogP contribution in [0.2, 0.25) is 0 Å². The van der Waals surface area contributed by atoms with Gasteiger partial charge in [-0.15, -0.1) is 0 Å². The third-order valence-electron chi connectivity index (χ3n) is 5.16. The highest BCUT2D eigenvalue weighted by Crippen LogP contribution is 2.32. The van der Waals surface area contributed by atoms with Gasteiger partial charge in [-0.25, -0.2) is 4.98 Å². The number of aromatic nitrogens is 2. The second-order valence-electron chi connectivity index (χ2n) is 7.23. The lowest BCUT2D eigenvalue weighted by Gasteiger charge is -2.15. The van der Waals surface area contributed by atoms with E-state index in [2.05, 4.69) is 0 Å². The summed E-state index contributed by atoms with van der Waals surface area (Å²) in [5.74, 6) is 2.49. The van der Waals surface area contributed by atoms with E-state index in [0.717, 1.165) is 22.6 Å². The molecule has 0 bridgehead atoms. The van der Waals surface area contributed by atoms with Crippen LogP contribution < -0.4 is 19.8 Å². The highest BCUT2D eigenvalue weighted by molar-refractivity contribution is 7.98. The number of rotatable bonds is 7. The average molecular weight is 449 g/mol. The van der Waals surface area contributed by atoms with Crippen LogP contribution >= 0.6 is 11.8 Å². The minimum atomic E-state index is -0.156. The Hall–Kier alpha value is -3.45. The molecular weight excluding hydrogens is 424 g/mol. The first kappa shape index (κ1) is 21.8. The van der Waals surface area contributed by atoms with Crippen molar-refractivity contribution in [1.29, 1.82) is 0 Å². The van der Waals surface area contributed by atoms with Crippen LogP contribution in [0.5, 0.6) is 17.2 Å². The predicted octanol–water partition coefficient (Wildman–Crippen LogP) is 5.01. The number of benzene rings is 3. The van der Waals surface area contributed by atoms with Crippen LogP contribution in [-0.2, 0) is 5.75 Å². The largest absolute Gasteiger partial charge is 0.497 e. The second-order valence-corrected chi connectivity index (χ2v) is 8.17. The molecule has 1 heterocycles. The van der Waals surface area contributed by atoms with E-state index in [1.807, 2.05) is 55.5 Å². The highest BCUT2D eigenvalue weighted by atomic mass is 32.2. The van der Waals surface area contributed by atoms with E-state index in [0.29, 0.717) is 33.3 Å². The summed E-state index contributed by atoms with van der Waals surface area (Å²) in [5.41, 5.74) is 3.40. The van der Waals surface area contributed by atoms with Gasteiger partial charge in [-0.2, -0.15) is 0 Å². The van der Waals surface area contributed by atoms with Crippen LogP contribution in [0.15, 0.2) is 70.6 Å². The fraction of sp³-hybridized carbons (Fsp3) is 0.200. The van der Waals surface area contributed by atoms with Crippen LogP contribution in [0.3, 0.4) is 0 Å². The minimum Gasteiger partial charge on any atom is -0.497 e. The van der Waals surface area contributed by atoms with Gasteiger partial charge in [0.15, 0.2) is 16.7 Å². The van der Waals surface area contributed by atoms with Crippen molar-refractivity contribution in [2.24, 2.45) is 0 Å². The topological polar surface area (TPSA) is 62.6 Å². The molecule has 0 fully saturated rings. The molecule has 0 aliphatic rings. The molecule has 0 unspecified atom stereocenters. The fourth-order valence-corrected chi connectivity index (χ4v) is 4.35. The summed E-state index contributed by atoms with van der Waals surface area (Å²) in [5, 5.41) is 1.08. The number of thioether (sulfide) groups is 1. The van der Waals surface area contributed by atoms with Crippen molar-refractivity contribution in [2.75, 3.05) is 21.3 Å². The van der Waals surface area contributed by atoms with Gasteiger partial charge in [0.05, 0.1) is 37.9 Å². The van der Waals surface area contributed by atoms with Gasteiger partial charge in [0.2, 0.25) is 0 Å². The summed E-state index contributed by atoms with van der Waals surface area (Å²) in [6, 6.07) is 19.1. The molecule has 6 nitrogen and oxygen atoms in total. The van der Waals surface area contributed by atoms with E-state index < -0.39 is 0 Å². The first-order valence-corrected chi connectivity index (χ1v) is 11.0. The smallest absolute Gasteiger partial charge is 0.266 e. The van der Waals surface area contributed by atoms with Gasteiger partial charge in [-0.1, -0.05) is 41.6 Å². The Kier molecular flexibility index (Phi) is 6.37. The number of hydrogen-bond donors (Lipinski definition) is 0. The first-order valence-electron chi connectivity index (χ1n) is 10.1. The van der Waals surface area contributed by atoms with E-state index in [-0.39, 0.29) is 5.56 Å². The summed E-state index contributed by atoms with van der Waals surface area (Å²) in [6.07, 6.45) is 0. The van der Waals surface area contributed by atoms with E-state index in [9.17, 15) is 4.79 Å². The number of nitrogens with zero attached hydrogens (tertiary/aromatic N) is 2. The third-order valence-corrected chi connectivity index (χ3v) is 6.17. The molecule has 0 aliphatic heterocycles. The zero-order valence-corrected chi connectivity index (χ0v) is 19.2. The number of hydrogen-bond acceptors (Lipinski definition) is 6. The molecule has 4 aromatic rings. The molecule has 0 N–H and O–H groups in total. The van der Waals surface area contributed by atoms with Crippen molar-refractivity contribution >= 4 is 22.7 Å². The van der Waals surface area contributed by atoms with Gasteiger partial charge < -0.3 is 14.2 Å². The Morgan fingerprint density at radius 1 is 0.875 bits per heavy atom. The quantitative estimate of drug-likeness (QED) is 0.292. The summed E-state index contributed by atoms with van der Waals surface area (Å²) >= 11 is 1.50. The first-order chi connectivity index (χ1) is 15.5. The van der Waals surface area contributed by atoms with Gasteiger partial charge in [0.1, 0.15) is 5.75 Å². The summed E-state index contributed by atoms with van der Waals surface area (Å²) in [7, 11) is 4.76. The Morgan fingerprint density at radius 3 is 2.16 bits per heavy atom. The van der Waals surface area contributed by atoms with Crippen molar-refractivity contribution < 1.29 is 14.2 Å². The number of fused-ring (bicyclic) bond motifs is 1. The molecule has 32 heavy (non-hydrogen) atoms. The van der Waals surface area contributed by atoms with E-state index in [1.165, 1.54) is 11.8 Å². The van der Waals surface area contributed by atoms with Crippen molar-refractivity contribution in [3.8, 4) is 22.9 Å². The summed E-state index contributed by atoms with van der Waals surface area (Å²) in [4.78, 5) is 18.4. The summed E-state index contributed by atoms with van der Waals surface area (Å²) in [6.45, 7) is 2.02.